The number of fused-ring (bicyclic) bond motifs is 1. The number of hydrogen-bond donors (Lipinski definition) is 2. The number of aromatic nitrogens is 2. The minimum Gasteiger partial charge on any atom is -0.465 e. The number of imide groups is 1. The molecule has 1 aromatic carbocycles. The van der Waals surface area contributed by atoms with E-state index < -0.39 is 18.0 Å². The minimum atomic E-state index is -0.897. The Bertz CT molecular complexity index is 1080. The lowest BCUT2D eigenvalue weighted by molar-refractivity contribution is -0.135. The van der Waals surface area contributed by atoms with Gasteiger partial charge in [0.1, 0.15) is 6.04 Å². The molecule has 0 spiro atoms. The van der Waals surface area contributed by atoms with Gasteiger partial charge in [-0.1, -0.05) is 12.1 Å². The average molecular weight is 430 g/mol. The van der Waals surface area contributed by atoms with Crippen LogP contribution < -0.4 is 11.0 Å². The molecule has 4 rings (SSSR count). The second kappa shape index (κ2) is 8.54. The summed E-state index contributed by atoms with van der Waals surface area (Å²) in [4.78, 5) is 49.2. The number of imidazole rings is 1. The first-order valence-corrected chi connectivity index (χ1v) is 10.5. The summed E-state index contributed by atoms with van der Waals surface area (Å²) in [5.41, 5.74) is 2.06. The lowest BCUT2D eigenvalue weighted by Crippen LogP contribution is -2.44. The number of carbonyl (C=O) groups is 3. The monoisotopic (exact) mass is 430 g/mol. The molecule has 1 unspecified atom stereocenters. The van der Waals surface area contributed by atoms with Crippen molar-refractivity contribution in [2.75, 3.05) is 19.7 Å². The van der Waals surface area contributed by atoms with Gasteiger partial charge in [-0.3, -0.25) is 24.0 Å². The molecule has 2 aromatic rings. The van der Waals surface area contributed by atoms with E-state index in [0.29, 0.717) is 50.9 Å². The van der Waals surface area contributed by atoms with Crippen LogP contribution in [0.25, 0.3) is 11.0 Å². The van der Waals surface area contributed by atoms with Gasteiger partial charge in [-0.2, -0.15) is 0 Å². The predicted molar refractivity (Wildman–Crippen MR) is 111 cm³/mol. The van der Waals surface area contributed by atoms with E-state index in [1.54, 1.807) is 11.6 Å². The van der Waals surface area contributed by atoms with Crippen LogP contribution in [-0.4, -0.2) is 62.8 Å². The van der Waals surface area contributed by atoms with E-state index in [1.165, 1.54) is 9.47 Å². The number of hydrogen-bond acceptors (Lipinski definition) is 5. The first kappa shape index (κ1) is 21.1. The van der Waals surface area contributed by atoms with Crippen LogP contribution in [0.5, 0.6) is 0 Å². The molecular weight excluding hydrogens is 404 g/mol. The third kappa shape index (κ3) is 4.07. The third-order valence-electron chi connectivity index (χ3n) is 6.15. The number of piperidine rings is 2. The first-order chi connectivity index (χ1) is 14.9. The number of nitrogens with one attached hydrogen (secondary N) is 1. The molecule has 166 valence electrons. The zero-order valence-corrected chi connectivity index (χ0v) is 17.4. The molecule has 0 saturated carbocycles. The van der Waals surface area contributed by atoms with Crippen LogP contribution in [0, 0.1) is 0 Å². The van der Waals surface area contributed by atoms with Crippen LogP contribution >= 0.6 is 0 Å². The summed E-state index contributed by atoms with van der Waals surface area (Å²) in [5, 5.41) is 11.4. The normalized spacial score (nSPS) is 20.3. The van der Waals surface area contributed by atoms with E-state index in [2.05, 4.69) is 5.32 Å². The van der Waals surface area contributed by atoms with Gasteiger partial charge in [-0.15, -0.1) is 0 Å². The highest BCUT2D eigenvalue weighted by Crippen LogP contribution is 2.25. The van der Waals surface area contributed by atoms with Gasteiger partial charge in [0.2, 0.25) is 11.8 Å². The molecule has 3 heterocycles. The van der Waals surface area contributed by atoms with Crippen LogP contribution in [0.1, 0.15) is 37.3 Å². The highest BCUT2D eigenvalue weighted by Gasteiger charge is 2.31. The second-order valence-electron chi connectivity index (χ2n) is 8.05. The molecule has 0 bridgehead atoms. The fourth-order valence-electron chi connectivity index (χ4n) is 4.50. The Morgan fingerprint density at radius 1 is 1.19 bits per heavy atom. The standard InChI is InChI=1S/C21H26N4O6/c1-23-18-13(9-12-31-14-7-10-24(11-8-14)21(29)30)3-2-4-15(18)25(20(23)28)16-5-6-17(26)22-19(16)27/h2-4,14,16H,5-12H2,1H3,(H,29,30)(H,22,26,27). The van der Waals surface area contributed by atoms with Crippen molar-refractivity contribution in [2.45, 2.75) is 44.2 Å². The number of ether oxygens (including phenoxy) is 1. The van der Waals surface area contributed by atoms with Crippen molar-refractivity contribution >= 4 is 28.9 Å². The maximum Gasteiger partial charge on any atom is 0.407 e. The molecule has 0 radical (unpaired) electrons. The summed E-state index contributed by atoms with van der Waals surface area (Å²) >= 11 is 0. The zero-order valence-electron chi connectivity index (χ0n) is 17.4. The summed E-state index contributed by atoms with van der Waals surface area (Å²) in [5.74, 6) is -0.770. The molecule has 2 saturated heterocycles. The number of carbonyl (C=O) groups excluding carboxylic acids is 2. The number of aryl methyl sites for hydroxylation is 1. The number of rotatable bonds is 5. The molecular formula is C21H26N4O6. The molecule has 3 amide bonds. The predicted octanol–water partition coefficient (Wildman–Crippen LogP) is 1.02. The van der Waals surface area contributed by atoms with E-state index in [4.69, 9.17) is 9.84 Å². The van der Waals surface area contributed by atoms with Crippen molar-refractivity contribution in [3.05, 3.63) is 34.2 Å². The fraction of sp³-hybridized carbons (Fsp3) is 0.524. The van der Waals surface area contributed by atoms with E-state index in [9.17, 15) is 19.2 Å². The summed E-state index contributed by atoms with van der Waals surface area (Å²) in [6.07, 6.45) is 1.54. The Labute approximate surface area is 178 Å². The number of para-hydroxylation sites is 1. The lowest BCUT2D eigenvalue weighted by Gasteiger charge is -2.29. The van der Waals surface area contributed by atoms with Gasteiger partial charge in [0, 0.05) is 26.6 Å². The van der Waals surface area contributed by atoms with Crippen molar-refractivity contribution in [3.63, 3.8) is 0 Å². The van der Waals surface area contributed by atoms with Crippen molar-refractivity contribution < 1.29 is 24.2 Å². The van der Waals surface area contributed by atoms with E-state index in [-0.39, 0.29) is 24.1 Å². The fourth-order valence-corrected chi connectivity index (χ4v) is 4.50. The minimum absolute atomic E-state index is 0.0201. The first-order valence-electron chi connectivity index (χ1n) is 10.5. The molecule has 1 aromatic heterocycles. The molecule has 2 aliphatic heterocycles. The van der Waals surface area contributed by atoms with Crippen molar-refractivity contribution in [1.82, 2.24) is 19.4 Å². The van der Waals surface area contributed by atoms with Gasteiger partial charge >= 0.3 is 11.8 Å². The third-order valence-corrected chi connectivity index (χ3v) is 6.15. The lowest BCUT2D eigenvalue weighted by atomic mass is 10.1. The highest BCUT2D eigenvalue weighted by molar-refractivity contribution is 6.00. The van der Waals surface area contributed by atoms with Crippen LogP contribution in [0.3, 0.4) is 0 Å². The van der Waals surface area contributed by atoms with Crippen LogP contribution in [0.15, 0.2) is 23.0 Å². The van der Waals surface area contributed by atoms with Gasteiger partial charge in [0.25, 0.3) is 0 Å². The Hall–Kier alpha value is -3.14. The summed E-state index contributed by atoms with van der Waals surface area (Å²) in [6.45, 7) is 1.40. The highest BCUT2D eigenvalue weighted by atomic mass is 16.5. The summed E-state index contributed by atoms with van der Waals surface area (Å²) in [6, 6.07) is 4.89. The Kier molecular flexibility index (Phi) is 5.81. The van der Waals surface area contributed by atoms with Crippen LogP contribution in [-0.2, 0) is 27.8 Å². The molecule has 10 heteroatoms. The van der Waals surface area contributed by atoms with Gasteiger partial charge in [-0.25, -0.2) is 9.59 Å². The molecule has 0 aliphatic carbocycles. The number of likely N-dealkylation sites (tertiary alicyclic amines) is 1. The maximum absolute atomic E-state index is 13.0. The summed E-state index contributed by atoms with van der Waals surface area (Å²) < 4.78 is 8.99. The average Bonchev–Trinajstić information content (AvgIpc) is 3.00. The van der Waals surface area contributed by atoms with Gasteiger partial charge in [0.05, 0.1) is 23.7 Å². The largest absolute Gasteiger partial charge is 0.465 e. The molecule has 2 N–H and O–H groups in total. The molecule has 2 aliphatic rings. The molecule has 1 atom stereocenters. The number of amides is 3. The van der Waals surface area contributed by atoms with Crippen molar-refractivity contribution in [3.8, 4) is 0 Å². The Morgan fingerprint density at radius 3 is 2.61 bits per heavy atom. The van der Waals surface area contributed by atoms with Gasteiger partial charge in [-0.05, 0) is 37.3 Å². The molecule has 10 nitrogen and oxygen atoms in total. The Balaban J connectivity index is 1.50. The van der Waals surface area contributed by atoms with Crippen LogP contribution in [0.2, 0.25) is 0 Å². The van der Waals surface area contributed by atoms with Crippen molar-refractivity contribution in [1.29, 1.82) is 0 Å². The van der Waals surface area contributed by atoms with E-state index in [0.717, 1.165) is 11.1 Å². The number of nitrogens with zero attached hydrogens (tertiary/aromatic N) is 3. The van der Waals surface area contributed by atoms with E-state index >= 15 is 0 Å². The van der Waals surface area contributed by atoms with E-state index in [1.807, 2.05) is 18.2 Å². The van der Waals surface area contributed by atoms with Crippen molar-refractivity contribution in [2.24, 2.45) is 7.05 Å². The SMILES string of the molecule is Cn1c(=O)n(C2CCC(=O)NC2=O)c2cccc(CCOC3CCN(C(=O)O)CC3)c21. The molecule has 31 heavy (non-hydrogen) atoms. The number of benzene rings is 1. The van der Waals surface area contributed by atoms with Crippen LogP contribution in [0.4, 0.5) is 4.79 Å². The topological polar surface area (TPSA) is 123 Å². The zero-order chi connectivity index (χ0) is 22.1. The summed E-state index contributed by atoms with van der Waals surface area (Å²) in [7, 11) is 1.68. The smallest absolute Gasteiger partial charge is 0.407 e. The second-order valence-corrected chi connectivity index (χ2v) is 8.05. The maximum atomic E-state index is 13.0. The Morgan fingerprint density at radius 2 is 1.94 bits per heavy atom. The van der Waals surface area contributed by atoms with Gasteiger partial charge in [0.15, 0.2) is 0 Å². The number of carboxylic acid groups (broad SMARTS) is 1. The quantitative estimate of drug-likeness (QED) is 0.683. The molecule has 2 fully saturated rings. The van der Waals surface area contributed by atoms with Gasteiger partial charge < -0.3 is 14.7 Å².